The van der Waals surface area contributed by atoms with Gasteiger partial charge in [0.15, 0.2) is 5.69 Å². The molecule has 0 fully saturated rings. The highest BCUT2D eigenvalue weighted by atomic mass is 35.5. The summed E-state index contributed by atoms with van der Waals surface area (Å²) < 4.78 is 4.86. The molecule has 0 aliphatic carbocycles. The lowest BCUT2D eigenvalue weighted by molar-refractivity contribution is 0.0685. The normalized spacial score (nSPS) is 10.7. The van der Waals surface area contributed by atoms with Crippen LogP contribution >= 0.6 is 12.4 Å². The van der Waals surface area contributed by atoms with Gasteiger partial charge in [-0.05, 0) is 0 Å². The van der Waals surface area contributed by atoms with Gasteiger partial charge in [0, 0.05) is 11.5 Å². The van der Waals surface area contributed by atoms with Crippen molar-refractivity contribution in [2.24, 2.45) is 0 Å². The maximum absolute atomic E-state index is 10.4. The number of carbonyl (C=O) groups is 1. The smallest absolute Gasteiger partial charge is 0.358 e. The van der Waals surface area contributed by atoms with Crippen LogP contribution in [0.1, 0.15) is 37.0 Å². The zero-order chi connectivity index (χ0) is 9.35. The predicted molar refractivity (Wildman–Crippen MR) is 49.4 cm³/mol. The van der Waals surface area contributed by atoms with E-state index in [0.717, 1.165) is 0 Å². The molecule has 1 N–H and O–H groups in total. The minimum Gasteiger partial charge on any atom is -0.476 e. The number of hydrogen-bond donors (Lipinski definition) is 1. The van der Waals surface area contributed by atoms with E-state index in [9.17, 15) is 4.79 Å². The van der Waals surface area contributed by atoms with E-state index >= 15 is 0 Å². The monoisotopic (exact) mass is 205 g/mol. The van der Waals surface area contributed by atoms with Gasteiger partial charge in [-0.15, -0.1) is 12.4 Å². The summed E-state index contributed by atoms with van der Waals surface area (Å²) in [6.45, 7) is 5.79. The van der Waals surface area contributed by atoms with Crippen LogP contribution in [-0.2, 0) is 5.41 Å². The molecule has 0 atom stereocenters. The lowest BCUT2D eigenvalue weighted by Crippen LogP contribution is -2.09. The van der Waals surface area contributed by atoms with E-state index in [2.05, 4.69) is 5.16 Å². The standard InChI is InChI=1S/C8H11NO3.ClH/c1-8(2,3)6-4-5(7(10)11)9-12-6;/h4H,1-3H3,(H,10,11);1H. The van der Waals surface area contributed by atoms with Gasteiger partial charge < -0.3 is 9.63 Å². The van der Waals surface area contributed by atoms with Gasteiger partial charge in [0.1, 0.15) is 5.76 Å². The van der Waals surface area contributed by atoms with Gasteiger partial charge in [-0.3, -0.25) is 0 Å². The molecule has 5 heteroatoms. The fourth-order valence-electron chi connectivity index (χ4n) is 0.729. The van der Waals surface area contributed by atoms with Crippen LogP contribution in [0.4, 0.5) is 0 Å². The molecule has 13 heavy (non-hydrogen) atoms. The molecular formula is C8H12ClNO3. The maximum Gasteiger partial charge on any atom is 0.358 e. The van der Waals surface area contributed by atoms with E-state index in [-0.39, 0.29) is 23.5 Å². The third kappa shape index (κ3) is 2.73. The average molecular weight is 206 g/mol. The predicted octanol–water partition coefficient (Wildman–Crippen LogP) is 2.09. The van der Waals surface area contributed by atoms with Crippen LogP contribution in [0, 0.1) is 0 Å². The van der Waals surface area contributed by atoms with Crippen LogP contribution in [0.5, 0.6) is 0 Å². The third-order valence-corrected chi connectivity index (χ3v) is 1.47. The van der Waals surface area contributed by atoms with Gasteiger partial charge in [-0.1, -0.05) is 25.9 Å². The Morgan fingerprint density at radius 3 is 2.31 bits per heavy atom. The lowest BCUT2D eigenvalue weighted by atomic mass is 9.93. The maximum atomic E-state index is 10.4. The van der Waals surface area contributed by atoms with Crippen molar-refractivity contribution in [1.29, 1.82) is 0 Å². The highest BCUT2D eigenvalue weighted by Gasteiger charge is 2.21. The first-order valence-corrected chi connectivity index (χ1v) is 3.62. The van der Waals surface area contributed by atoms with Crippen LogP contribution in [0.3, 0.4) is 0 Å². The van der Waals surface area contributed by atoms with Gasteiger partial charge in [-0.25, -0.2) is 4.79 Å². The SMILES string of the molecule is CC(C)(C)c1cc(C(=O)O)no1.Cl. The highest BCUT2D eigenvalue weighted by molar-refractivity contribution is 5.85. The number of halogens is 1. The Hall–Kier alpha value is -1.03. The summed E-state index contributed by atoms with van der Waals surface area (Å²) >= 11 is 0. The van der Waals surface area contributed by atoms with Gasteiger partial charge >= 0.3 is 5.97 Å². The second kappa shape index (κ2) is 3.79. The van der Waals surface area contributed by atoms with Crippen molar-refractivity contribution in [2.75, 3.05) is 0 Å². The number of aromatic carboxylic acids is 1. The Morgan fingerprint density at radius 2 is 2.08 bits per heavy atom. The van der Waals surface area contributed by atoms with E-state index in [4.69, 9.17) is 9.63 Å². The number of rotatable bonds is 1. The van der Waals surface area contributed by atoms with Gasteiger partial charge in [-0.2, -0.15) is 0 Å². The summed E-state index contributed by atoms with van der Waals surface area (Å²) in [5, 5.41) is 11.9. The molecule has 0 saturated heterocycles. The Balaban J connectivity index is 0.00000144. The molecule has 0 aliphatic heterocycles. The van der Waals surface area contributed by atoms with E-state index in [1.165, 1.54) is 6.07 Å². The van der Waals surface area contributed by atoms with Crippen molar-refractivity contribution >= 4 is 18.4 Å². The van der Waals surface area contributed by atoms with E-state index < -0.39 is 5.97 Å². The number of carboxylic acid groups (broad SMARTS) is 1. The Kier molecular flexibility index (Phi) is 3.49. The van der Waals surface area contributed by atoms with Gasteiger partial charge in [0.05, 0.1) is 0 Å². The lowest BCUT2D eigenvalue weighted by Gasteiger charge is -2.11. The molecule has 0 aromatic carbocycles. The first kappa shape index (κ1) is 12.0. The van der Waals surface area contributed by atoms with E-state index in [1.54, 1.807) is 0 Å². The Bertz CT molecular complexity index is 301. The molecule has 1 heterocycles. The number of nitrogens with zero attached hydrogens (tertiary/aromatic N) is 1. The molecule has 1 aromatic heterocycles. The molecule has 74 valence electrons. The largest absolute Gasteiger partial charge is 0.476 e. The molecule has 0 radical (unpaired) electrons. The summed E-state index contributed by atoms with van der Waals surface area (Å²) in [6, 6.07) is 1.45. The van der Waals surface area contributed by atoms with Gasteiger partial charge in [0.25, 0.3) is 0 Å². The Labute approximate surface area is 82.3 Å². The molecular weight excluding hydrogens is 194 g/mol. The molecule has 0 aliphatic rings. The fraction of sp³-hybridized carbons (Fsp3) is 0.500. The summed E-state index contributed by atoms with van der Waals surface area (Å²) in [6.07, 6.45) is 0. The van der Waals surface area contributed by atoms with Crippen LogP contribution < -0.4 is 0 Å². The first-order chi connectivity index (χ1) is 5.41. The third-order valence-electron chi connectivity index (χ3n) is 1.47. The fourth-order valence-corrected chi connectivity index (χ4v) is 0.729. The van der Waals surface area contributed by atoms with Gasteiger partial charge in [0.2, 0.25) is 0 Å². The van der Waals surface area contributed by atoms with Crippen molar-refractivity contribution in [3.05, 3.63) is 17.5 Å². The second-order valence-electron chi connectivity index (χ2n) is 3.63. The zero-order valence-corrected chi connectivity index (χ0v) is 8.51. The number of carboxylic acids is 1. The van der Waals surface area contributed by atoms with Crippen LogP contribution in [0.25, 0.3) is 0 Å². The number of aromatic nitrogens is 1. The zero-order valence-electron chi connectivity index (χ0n) is 7.70. The van der Waals surface area contributed by atoms with E-state index in [0.29, 0.717) is 5.76 Å². The van der Waals surface area contributed by atoms with Crippen molar-refractivity contribution in [3.8, 4) is 0 Å². The second-order valence-corrected chi connectivity index (χ2v) is 3.63. The van der Waals surface area contributed by atoms with Crippen molar-refractivity contribution in [2.45, 2.75) is 26.2 Å². The van der Waals surface area contributed by atoms with Crippen molar-refractivity contribution < 1.29 is 14.4 Å². The quantitative estimate of drug-likeness (QED) is 0.763. The molecule has 0 saturated carbocycles. The van der Waals surface area contributed by atoms with E-state index in [1.807, 2.05) is 20.8 Å². The summed E-state index contributed by atoms with van der Waals surface area (Å²) in [4.78, 5) is 10.4. The molecule has 1 aromatic rings. The minimum absolute atomic E-state index is 0. The minimum atomic E-state index is -1.06. The van der Waals surface area contributed by atoms with Crippen LogP contribution in [0.15, 0.2) is 10.6 Å². The van der Waals surface area contributed by atoms with Crippen LogP contribution in [-0.4, -0.2) is 16.2 Å². The summed E-state index contributed by atoms with van der Waals surface area (Å²) in [5.74, 6) is -0.478. The van der Waals surface area contributed by atoms with Crippen molar-refractivity contribution in [1.82, 2.24) is 5.16 Å². The molecule has 0 bridgehead atoms. The topological polar surface area (TPSA) is 63.3 Å². The average Bonchev–Trinajstić information content (AvgIpc) is 2.30. The highest BCUT2D eigenvalue weighted by Crippen LogP contribution is 2.22. The first-order valence-electron chi connectivity index (χ1n) is 3.62. The molecule has 0 unspecified atom stereocenters. The molecule has 0 amide bonds. The van der Waals surface area contributed by atoms with Crippen molar-refractivity contribution in [3.63, 3.8) is 0 Å². The van der Waals surface area contributed by atoms with Crippen LogP contribution in [0.2, 0.25) is 0 Å². The summed E-state index contributed by atoms with van der Waals surface area (Å²) in [7, 11) is 0. The molecule has 1 rings (SSSR count). The Morgan fingerprint density at radius 1 is 1.54 bits per heavy atom. The number of hydrogen-bond acceptors (Lipinski definition) is 3. The molecule has 0 spiro atoms. The summed E-state index contributed by atoms with van der Waals surface area (Å²) in [5.41, 5.74) is -0.235. The molecule has 4 nitrogen and oxygen atoms in total.